The first-order valence-corrected chi connectivity index (χ1v) is 9.15. The second-order valence-electron chi connectivity index (χ2n) is 7.08. The van der Waals surface area contributed by atoms with Crippen molar-refractivity contribution in [3.8, 4) is 0 Å². The van der Waals surface area contributed by atoms with Crippen molar-refractivity contribution in [3.05, 3.63) is 35.0 Å². The molecule has 0 unspecified atom stereocenters. The Balaban J connectivity index is 1.94. The summed E-state index contributed by atoms with van der Waals surface area (Å²) in [5.74, 6) is 0.476. The first kappa shape index (κ1) is 16.3. The molecule has 2 heterocycles. The lowest BCUT2D eigenvalue weighted by molar-refractivity contribution is 0.110. The molecule has 0 N–H and O–H groups in total. The fourth-order valence-electron chi connectivity index (χ4n) is 4.93. The molecule has 1 fully saturated rings. The lowest BCUT2D eigenvalue weighted by Crippen LogP contribution is -2.47. The first-order chi connectivity index (χ1) is 12.2. The van der Waals surface area contributed by atoms with Crippen LogP contribution in [0.5, 0.6) is 0 Å². The van der Waals surface area contributed by atoms with Gasteiger partial charge in [-0.1, -0.05) is 19.1 Å². The molecular weight excluding hydrogens is 316 g/mol. The Hall–Kier alpha value is -2.14. The number of aldehydes is 1. The number of aromatic nitrogens is 1. The Bertz CT molecular complexity index is 837. The normalized spacial score (nSPS) is 22.6. The average Bonchev–Trinajstić information content (AvgIpc) is 2.97. The van der Waals surface area contributed by atoms with Gasteiger partial charge in [-0.2, -0.15) is 0 Å². The van der Waals surface area contributed by atoms with Crippen LogP contribution in [-0.2, 0) is 11.2 Å². The second kappa shape index (κ2) is 6.30. The van der Waals surface area contributed by atoms with E-state index in [9.17, 15) is 9.59 Å². The quantitative estimate of drug-likeness (QED) is 0.802. The van der Waals surface area contributed by atoms with Gasteiger partial charge in [0.25, 0.3) is 0 Å². The van der Waals surface area contributed by atoms with E-state index in [1.807, 2.05) is 12.1 Å². The molecule has 1 aliphatic carbocycles. The van der Waals surface area contributed by atoms with Crippen LogP contribution in [-0.4, -0.2) is 48.1 Å². The lowest BCUT2D eigenvalue weighted by atomic mass is 9.74. The molecule has 0 spiro atoms. The van der Waals surface area contributed by atoms with Crippen LogP contribution in [0.1, 0.15) is 53.7 Å². The zero-order valence-corrected chi connectivity index (χ0v) is 14.8. The number of rotatable bonds is 3. The highest BCUT2D eigenvalue weighted by atomic mass is 16.5. The summed E-state index contributed by atoms with van der Waals surface area (Å²) >= 11 is 0. The Morgan fingerprint density at radius 2 is 2.24 bits per heavy atom. The van der Waals surface area contributed by atoms with Gasteiger partial charge in [-0.3, -0.25) is 9.69 Å². The minimum Gasteiger partial charge on any atom is -0.452 e. The molecule has 2 aliphatic rings. The molecule has 1 aliphatic heterocycles. The number of hydrogen-bond donors (Lipinski definition) is 0. The first-order valence-electron chi connectivity index (χ1n) is 9.15. The molecule has 5 nitrogen and oxygen atoms in total. The predicted molar refractivity (Wildman–Crippen MR) is 96.5 cm³/mol. The standard InChI is InChI=1S/C20H24N2O3/c1-3-9-21-10-5-7-13-14-6-4-8-16-19(14)15(11-17(13)21)18(12-23)22(16)20(24)25-2/h4,6,8,12-13,17H,3,5,7,9-11H2,1-2H3/t13-,17-/m1/s1. The molecule has 2 aromatic rings. The molecule has 4 rings (SSSR count). The summed E-state index contributed by atoms with van der Waals surface area (Å²) in [7, 11) is 1.36. The smallest absolute Gasteiger partial charge is 0.418 e. The summed E-state index contributed by atoms with van der Waals surface area (Å²) in [6, 6.07) is 6.50. The summed E-state index contributed by atoms with van der Waals surface area (Å²) in [5, 5.41) is 1.09. The number of methoxy groups -OCH3 is 1. The molecule has 2 atom stereocenters. The number of ether oxygens (including phenoxy) is 1. The van der Waals surface area contributed by atoms with E-state index >= 15 is 0 Å². The maximum atomic E-state index is 12.3. The Kier molecular flexibility index (Phi) is 4.12. The molecule has 25 heavy (non-hydrogen) atoms. The van der Waals surface area contributed by atoms with Crippen LogP contribution in [0.25, 0.3) is 10.9 Å². The lowest BCUT2D eigenvalue weighted by Gasteiger charge is -2.44. The number of nitrogens with zero attached hydrogens (tertiary/aromatic N) is 2. The fraction of sp³-hybridized carbons (Fsp3) is 0.500. The van der Waals surface area contributed by atoms with Crippen LogP contribution in [0.2, 0.25) is 0 Å². The summed E-state index contributed by atoms with van der Waals surface area (Å²) in [6.45, 7) is 4.41. The summed E-state index contributed by atoms with van der Waals surface area (Å²) in [6.07, 6.45) is 4.64. The third-order valence-electron chi connectivity index (χ3n) is 5.85. The van der Waals surface area contributed by atoms with Crippen molar-refractivity contribution >= 4 is 23.3 Å². The molecule has 132 valence electrons. The van der Waals surface area contributed by atoms with Gasteiger partial charge in [0.1, 0.15) is 0 Å². The third kappa shape index (κ3) is 2.33. The number of hydrogen-bond acceptors (Lipinski definition) is 4. The molecular formula is C20H24N2O3. The van der Waals surface area contributed by atoms with Crippen molar-refractivity contribution in [2.24, 2.45) is 0 Å². The van der Waals surface area contributed by atoms with E-state index in [4.69, 9.17) is 4.74 Å². The van der Waals surface area contributed by atoms with Crippen LogP contribution < -0.4 is 0 Å². The van der Waals surface area contributed by atoms with E-state index < -0.39 is 6.09 Å². The van der Waals surface area contributed by atoms with E-state index in [0.29, 0.717) is 17.7 Å². The zero-order chi connectivity index (χ0) is 17.6. The topological polar surface area (TPSA) is 51.5 Å². The number of benzene rings is 1. The van der Waals surface area contributed by atoms with Crippen LogP contribution in [0.4, 0.5) is 4.79 Å². The number of likely N-dealkylation sites (tertiary alicyclic amines) is 1. The minimum atomic E-state index is -0.495. The molecule has 0 saturated carbocycles. The minimum absolute atomic E-state index is 0.416. The van der Waals surface area contributed by atoms with Gasteiger partial charge in [0.2, 0.25) is 0 Å². The van der Waals surface area contributed by atoms with Crippen molar-refractivity contribution in [1.29, 1.82) is 0 Å². The van der Waals surface area contributed by atoms with Gasteiger partial charge in [-0.25, -0.2) is 9.36 Å². The highest BCUT2D eigenvalue weighted by Gasteiger charge is 2.39. The van der Waals surface area contributed by atoms with Crippen LogP contribution >= 0.6 is 0 Å². The summed E-state index contributed by atoms with van der Waals surface area (Å²) in [4.78, 5) is 26.7. The van der Waals surface area contributed by atoms with Gasteiger partial charge < -0.3 is 4.74 Å². The Morgan fingerprint density at radius 1 is 1.40 bits per heavy atom. The zero-order valence-electron chi connectivity index (χ0n) is 14.8. The van der Waals surface area contributed by atoms with Crippen LogP contribution in [0.3, 0.4) is 0 Å². The van der Waals surface area contributed by atoms with E-state index in [1.54, 1.807) is 0 Å². The maximum absolute atomic E-state index is 12.3. The molecule has 1 aromatic heterocycles. The van der Waals surface area contributed by atoms with E-state index in [-0.39, 0.29) is 0 Å². The predicted octanol–water partition coefficient (Wildman–Crippen LogP) is 3.58. The Morgan fingerprint density at radius 3 is 2.96 bits per heavy atom. The van der Waals surface area contributed by atoms with Gasteiger partial charge in [0.05, 0.1) is 18.3 Å². The number of carbonyl (C=O) groups excluding carboxylic acids is 2. The highest BCUT2D eigenvalue weighted by molar-refractivity contribution is 6.02. The molecule has 1 saturated heterocycles. The van der Waals surface area contributed by atoms with E-state index in [0.717, 1.165) is 48.7 Å². The Labute approximate surface area is 147 Å². The summed E-state index contributed by atoms with van der Waals surface area (Å²) < 4.78 is 6.39. The molecule has 0 radical (unpaired) electrons. The number of carbonyl (C=O) groups is 2. The fourth-order valence-corrected chi connectivity index (χ4v) is 4.93. The monoisotopic (exact) mass is 340 g/mol. The number of fused-ring (bicyclic) bond motifs is 2. The van der Waals surface area contributed by atoms with Crippen molar-refractivity contribution in [3.63, 3.8) is 0 Å². The second-order valence-corrected chi connectivity index (χ2v) is 7.08. The molecule has 5 heteroatoms. The summed E-state index contributed by atoms with van der Waals surface area (Å²) in [5.41, 5.74) is 3.55. The average molecular weight is 340 g/mol. The van der Waals surface area contributed by atoms with Gasteiger partial charge in [-0.05, 0) is 56.0 Å². The van der Waals surface area contributed by atoms with Gasteiger partial charge >= 0.3 is 6.09 Å². The van der Waals surface area contributed by atoms with Crippen LogP contribution in [0, 0.1) is 0 Å². The van der Waals surface area contributed by atoms with Gasteiger partial charge in [-0.15, -0.1) is 0 Å². The van der Waals surface area contributed by atoms with Gasteiger partial charge in [0.15, 0.2) is 6.29 Å². The SMILES string of the molecule is CCCN1CCC[C@@H]2c3cccc4c3c(c(C=O)n4C(=O)OC)C[C@H]21. The molecule has 1 aromatic carbocycles. The third-order valence-corrected chi connectivity index (χ3v) is 5.85. The van der Waals surface area contributed by atoms with Gasteiger partial charge in [0, 0.05) is 17.3 Å². The van der Waals surface area contributed by atoms with Crippen molar-refractivity contribution < 1.29 is 14.3 Å². The molecule has 0 bridgehead atoms. The van der Waals surface area contributed by atoms with Crippen LogP contribution in [0.15, 0.2) is 18.2 Å². The van der Waals surface area contributed by atoms with Crippen molar-refractivity contribution in [2.75, 3.05) is 20.2 Å². The van der Waals surface area contributed by atoms with Crippen molar-refractivity contribution in [1.82, 2.24) is 9.47 Å². The van der Waals surface area contributed by atoms with E-state index in [2.05, 4.69) is 17.9 Å². The van der Waals surface area contributed by atoms with Crippen molar-refractivity contribution in [2.45, 2.75) is 44.6 Å². The largest absolute Gasteiger partial charge is 0.452 e. The van der Waals surface area contributed by atoms with E-state index in [1.165, 1.54) is 30.1 Å². The maximum Gasteiger partial charge on any atom is 0.418 e. The molecule has 0 amide bonds. The highest BCUT2D eigenvalue weighted by Crippen LogP contribution is 2.45. The number of piperidine rings is 1.